The van der Waals surface area contributed by atoms with E-state index in [-0.39, 0.29) is 23.9 Å². The third-order valence-electron chi connectivity index (χ3n) is 2.48. The lowest BCUT2D eigenvalue weighted by atomic mass is 10.2. The predicted octanol–water partition coefficient (Wildman–Crippen LogP) is 2.81. The van der Waals surface area contributed by atoms with Gasteiger partial charge in [0, 0.05) is 5.69 Å². The first-order valence-electron chi connectivity index (χ1n) is 5.64. The van der Waals surface area contributed by atoms with E-state index in [1.165, 1.54) is 12.1 Å². The fourth-order valence-corrected chi connectivity index (χ4v) is 1.60. The van der Waals surface area contributed by atoms with E-state index >= 15 is 0 Å². The van der Waals surface area contributed by atoms with Crippen LogP contribution in [0.5, 0.6) is 5.75 Å². The lowest BCUT2D eigenvalue weighted by Crippen LogP contribution is -2.06. The molecule has 0 aliphatic heterocycles. The van der Waals surface area contributed by atoms with Crippen molar-refractivity contribution in [2.45, 2.75) is 13.5 Å². The van der Waals surface area contributed by atoms with Gasteiger partial charge in [-0.25, -0.2) is 14.2 Å². The summed E-state index contributed by atoms with van der Waals surface area (Å²) in [5.74, 6) is -1.35. The van der Waals surface area contributed by atoms with Crippen molar-refractivity contribution in [1.29, 1.82) is 0 Å². The molecule has 1 heterocycles. The molecule has 19 heavy (non-hydrogen) atoms. The van der Waals surface area contributed by atoms with Crippen LogP contribution in [0.25, 0.3) is 0 Å². The van der Waals surface area contributed by atoms with Crippen LogP contribution in [-0.2, 0) is 6.61 Å². The molecule has 1 aromatic carbocycles. The number of rotatable bonds is 4. The van der Waals surface area contributed by atoms with Gasteiger partial charge in [0.1, 0.15) is 12.4 Å². The van der Waals surface area contributed by atoms with Crippen LogP contribution in [0.15, 0.2) is 36.4 Å². The number of carbonyl (C=O) groups is 1. The Morgan fingerprint density at radius 3 is 2.84 bits per heavy atom. The lowest BCUT2D eigenvalue weighted by Gasteiger charge is -2.09. The number of nitrogens with zero attached hydrogens (tertiary/aromatic N) is 1. The maximum absolute atomic E-state index is 13.0. The molecule has 0 saturated carbocycles. The molecule has 0 fully saturated rings. The number of aryl methyl sites for hydroxylation is 1. The number of halogens is 1. The molecule has 0 atom stereocenters. The molecule has 0 aliphatic rings. The summed E-state index contributed by atoms with van der Waals surface area (Å²) in [6, 6.07) is 9.14. The molecule has 0 aliphatic carbocycles. The number of carboxylic acids is 1. The minimum atomic E-state index is -1.15. The van der Waals surface area contributed by atoms with E-state index in [4.69, 9.17) is 9.84 Å². The Labute approximate surface area is 109 Å². The van der Waals surface area contributed by atoms with E-state index in [1.54, 1.807) is 31.2 Å². The van der Waals surface area contributed by atoms with E-state index in [1.807, 2.05) is 0 Å². The topological polar surface area (TPSA) is 59.4 Å². The second-order valence-corrected chi connectivity index (χ2v) is 4.02. The Morgan fingerprint density at radius 2 is 2.16 bits per heavy atom. The van der Waals surface area contributed by atoms with Gasteiger partial charge in [0.2, 0.25) is 0 Å². The van der Waals surface area contributed by atoms with Crippen molar-refractivity contribution >= 4 is 5.97 Å². The van der Waals surface area contributed by atoms with Crippen molar-refractivity contribution in [2.24, 2.45) is 0 Å². The molecule has 1 N–H and O–H groups in total. The maximum Gasteiger partial charge on any atom is 0.358 e. The zero-order valence-corrected chi connectivity index (χ0v) is 10.3. The van der Waals surface area contributed by atoms with Gasteiger partial charge < -0.3 is 9.84 Å². The Hall–Kier alpha value is -2.43. The Bertz CT molecular complexity index is 613. The summed E-state index contributed by atoms with van der Waals surface area (Å²) in [5.41, 5.74) is 1.07. The molecule has 5 heteroatoms. The van der Waals surface area contributed by atoms with Crippen LogP contribution in [0.4, 0.5) is 4.39 Å². The smallest absolute Gasteiger partial charge is 0.358 e. The van der Waals surface area contributed by atoms with Crippen molar-refractivity contribution in [3.8, 4) is 5.75 Å². The average Bonchev–Trinajstić information content (AvgIpc) is 2.37. The summed E-state index contributed by atoms with van der Waals surface area (Å²) < 4.78 is 18.4. The van der Waals surface area contributed by atoms with Gasteiger partial charge in [-0.1, -0.05) is 12.1 Å². The summed E-state index contributed by atoms with van der Waals surface area (Å²) in [4.78, 5) is 14.9. The van der Waals surface area contributed by atoms with Gasteiger partial charge in [0.25, 0.3) is 0 Å². The van der Waals surface area contributed by atoms with E-state index in [0.29, 0.717) is 11.3 Å². The average molecular weight is 261 g/mol. The Balaban J connectivity index is 2.17. The van der Waals surface area contributed by atoms with Crippen LogP contribution in [0, 0.1) is 12.7 Å². The molecule has 0 spiro atoms. The first-order chi connectivity index (χ1) is 9.06. The fourth-order valence-electron chi connectivity index (χ4n) is 1.60. The second-order valence-electron chi connectivity index (χ2n) is 4.02. The maximum atomic E-state index is 13.0. The minimum absolute atomic E-state index is 0.0861. The quantitative estimate of drug-likeness (QED) is 0.919. The van der Waals surface area contributed by atoms with E-state index < -0.39 is 5.97 Å². The number of benzene rings is 1. The first kappa shape index (κ1) is 13.0. The molecule has 0 amide bonds. The summed E-state index contributed by atoms with van der Waals surface area (Å²) >= 11 is 0. The number of aromatic carboxylic acids is 1. The van der Waals surface area contributed by atoms with Gasteiger partial charge in [-0.2, -0.15) is 0 Å². The van der Waals surface area contributed by atoms with Gasteiger partial charge in [0.05, 0.1) is 0 Å². The highest BCUT2D eigenvalue weighted by atomic mass is 19.1. The first-order valence-corrected chi connectivity index (χ1v) is 5.64. The lowest BCUT2D eigenvalue weighted by molar-refractivity contribution is 0.0684. The van der Waals surface area contributed by atoms with E-state index in [0.717, 1.165) is 0 Å². The number of aromatic nitrogens is 1. The molecule has 2 rings (SSSR count). The molecule has 0 bridgehead atoms. The molecule has 4 nitrogen and oxygen atoms in total. The predicted molar refractivity (Wildman–Crippen MR) is 66.7 cm³/mol. The van der Waals surface area contributed by atoms with Gasteiger partial charge in [-0.15, -0.1) is 0 Å². The van der Waals surface area contributed by atoms with E-state index in [2.05, 4.69) is 4.98 Å². The number of pyridine rings is 1. The number of hydrogen-bond acceptors (Lipinski definition) is 3. The molecule has 2 aromatic rings. The fraction of sp³-hybridized carbons (Fsp3) is 0.143. The second kappa shape index (κ2) is 5.48. The third kappa shape index (κ3) is 3.28. The van der Waals surface area contributed by atoms with Crippen LogP contribution >= 0.6 is 0 Å². The summed E-state index contributed by atoms with van der Waals surface area (Å²) in [6.07, 6.45) is 0. The molecule has 98 valence electrons. The molecular weight excluding hydrogens is 249 g/mol. The van der Waals surface area contributed by atoms with Crippen LogP contribution < -0.4 is 4.74 Å². The van der Waals surface area contributed by atoms with Crippen LogP contribution in [0.3, 0.4) is 0 Å². The van der Waals surface area contributed by atoms with Crippen molar-refractivity contribution in [3.05, 3.63) is 59.2 Å². The summed E-state index contributed by atoms with van der Waals surface area (Å²) in [7, 11) is 0. The highest BCUT2D eigenvalue weighted by Crippen LogP contribution is 2.18. The zero-order valence-electron chi connectivity index (χ0n) is 10.3. The van der Waals surface area contributed by atoms with Gasteiger partial charge in [-0.05, 0) is 36.8 Å². The minimum Gasteiger partial charge on any atom is -0.486 e. The molecule has 0 unspecified atom stereocenters. The van der Waals surface area contributed by atoms with Crippen molar-refractivity contribution in [2.75, 3.05) is 0 Å². The standard InChI is InChI=1S/C14H12FNO3/c1-9-5-6-12(13(16-9)14(17)18)19-8-10-3-2-4-11(15)7-10/h2-7H,8H2,1H3,(H,17,18). The number of ether oxygens (including phenoxy) is 1. The largest absolute Gasteiger partial charge is 0.486 e. The van der Waals surface area contributed by atoms with Crippen molar-refractivity contribution in [3.63, 3.8) is 0 Å². The monoisotopic (exact) mass is 261 g/mol. The normalized spacial score (nSPS) is 10.2. The van der Waals surface area contributed by atoms with Crippen molar-refractivity contribution in [1.82, 2.24) is 4.98 Å². The van der Waals surface area contributed by atoms with Gasteiger partial charge >= 0.3 is 5.97 Å². The van der Waals surface area contributed by atoms with Crippen LogP contribution in [-0.4, -0.2) is 16.1 Å². The molecule has 1 aromatic heterocycles. The molecular formula is C14H12FNO3. The third-order valence-corrected chi connectivity index (χ3v) is 2.48. The summed E-state index contributed by atoms with van der Waals surface area (Å²) in [5, 5.41) is 9.03. The van der Waals surface area contributed by atoms with Crippen LogP contribution in [0.1, 0.15) is 21.7 Å². The molecule has 0 saturated heterocycles. The number of carboxylic acid groups (broad SMARTS) is 1. The highest BCUT2D eigenvalue weighted by molar-refractivity contribution is 5.88. The number of hydrogen-bond donors (Lipinski definition) is 1. The molecule has 0 radical (unpaired) electrons. The van der Waals surface area contributed by atoms with Crippen LogP contribution in [0.2, 0.25) is 0 Å². The highest BCUT2D eigenvalue weighted by Gasteiger charge is 2.13. The Morgan fingerprint density at radius 1 is 1.37 bits per heavy atom. The Kier molecular flexibility index (Phi) is 3.75. The van der Waals surface area contributed by atoms with Gasteiger partial charge in [-0.3, -0.25) is 0 Å². The SMILES string of the molecule is Cc1ccc(OCc2cccc(F)c2)c(C(=O)O)n1. The van der Waals surface area contributed by atoms with Gasteiger partial charge in [0.15, 0.2) is 11.4 Å². The van der Waals surface area contributed by atoms with E-state index in [9.17, 15) is 9.18 Å². The zero-order chi connectivity index (χ0) is 13.8. The van der Waals surface area contributed by atoms with Crippen molar-refractivity contribution < 1.29 is 19.0 Å². The summed E-state index contributed by atoms with van der Waals surface area (Å²) in [6.45, 7) is 1.78.